The third-order valence-electron chi connectivity index (χ3n) is 4.11. The fraction of sp³-hybridized carbons (Fsp3) is 0.625. The Kier molecular flexibility index (Phi) is 3.67. The Balaban J connectivity index is 2.17. The zero-order valence-electron chi connectivity index (χ0n) is 12.4. The second kappa shape index (κ2) is 4.93. The lowest BCUT2D eigenvalue weighted by Gasteiger charge is -2.42. The van der Waals surface area contributed by atoms with Gasteiger partial charge < -0.3 is 10.2 Å². The van der Waals surface area contributed by atoms with Crippen molar-refractivity contribution in [3.8, 4) is 0 Å². The molecule has 0 amide bonds. The molecular weight excluding hydrogens is 220 g/mol. The molecule has 1 unspecified atom stereocenters. The molecule has 18 heavy (non-hydrogen) atoms. The number of rotatable bonds is 2. The van der Waals surface area contributed by atoms with Crippen molar-refractivity contribution in [1.82, 2.24) is 5.32 Å². The minimum absolute atomic E-state index is 0.260. The van der Waals surface area contributed by atoms with Crippen molar-refractivity contribution in [3.05, 3.63) is 29.3 Å². The predicted molar refractivity (Wildman–Crippen MR) is 79.4 cm³/mol. The molecule has 1 fully saturated rings. The molecule has 2 heteroatoms. The van der Waals surface area contributed by atoms with Gasteiger partial charge in [-0.3, -0.25) is 0 Å². The van der Waals surface area contributed by atoms with E-state index in [0.717, 1.165) is 6.54 Å². The summed E-state index contributed by atoms with van der Waals surface area (Å²) in [6, 6.07) is 7.39. The summed E-state index contributed by atoms with van der Waals surface area (Å²) in [4.78, 5) is 2.47. The first-order chi connectivity index (χ1) is 8.39. The number of hydrogen-bond donors (Lipinski definition) is 1. The number of nitrogens with zero attached hydrogens (tertiary/aromatic N) is 1. The van der Waals surface area contributed by atoms with Crippen molar-refractivity contribution >= 4 is 5.69 Å². The first-order valence-corrected chi connectivity index (χ1v) is 6.94. The SMILES string of the molecule is Cc1ccc(N(C)C2CCNC(C)(C)C2)c(C)c1. The molecule has 1 saturated heterocycles. The van der Waals surface area contributed by atoms with E-state index in [2.05, 4.69) is 63.2 Å². The summed E-state index contributed by atoms with van der Waals surface area (Å²) < 4.78 is 0. The van der Waals surface area contributed by atoms with Crippen molar-refractivity contribution in [3.63, 3.8) is 0 Å². The van der Waals surface area contributed by atoms with E-state index in [0.29, 0.717) is 6.04 Å². The quantitative estimate of drug-likeness (QED) is 0.861. The molecule has 0 aliphatic carbocycles. The first-order valence-electron chi connectivity index (χ1n) is 6.94. The lowest BCUT2D eigenvalue weighted by atomic mass is 9.88. The van der Waals surface area contributed by atoms with Crippen LogP contribution in [0.5, 0.6) is 0 Å². The second-order valence-electron chi connectivity index (χ2n) is 6.36. The van der Waals surface area contributed by atoms with Crippen LogP contribution in [0, 0.1) is 13.8 Å². The van der Waals surface area contributed by atoms with Crippen LogP contribution in [-0.4, -0.2) is 25.2 Å². The highest BCUT2D eigenvalue weighted by molar-refractivity contribution is 5.54. The fourth-order valence-electron chi connectivity index (χ4n) is 3.07. The van der Waals surface area contributed by atoms with Crippen molar-refractivity contribution in [1.29, 1.82) is 0 Å². The van der Waals surface area contributed by atoms with Gasteiger partial charge in [0, 0.05) is 24.3 Å². The maximum absolute atomic E-state index is 3.59. The van der Waals surface area contributed by atoms with Gasteiger partial charge in [-0.1, -0.05) is 17.7 Å². The van der Waals surface area contributed by atoms with Crippen LogP contribution in [0.1, 0.15) is 37.8 Å². The van der Waals surface area contributed by atoms with Crippen molar-refractivity contribution in [2.45, 2.75) is 52.1 Å². The molecule has 0 radical (unpaired) electrons. The van der Waals surface area contributed by atoms with Crippen LogP contribution in [0.25, 0.3) is 0 Å². The molecule has 0 aromatic heterocycles. The Morgan fingerprint density at radius 1 is 1.28 bits per heavy atom. The molecular formula is C16H26N2. The maximum Gasteiger partial charge on any atom is 0.0396 e. The second-order valence-corrected chi connectivity index (χ2v) is 6.36. The van der Waals surface area contributed by atoms with E-state index >= 15 is 0 Å². The maximum atomic E-state index is 3.59. The molecule has 1 aliphatic rings. The molecule has 1 atom stereocenters. The Labute approximate surface area is 111 Å². The molecule has 0 bridgehead atoms. The Hall–Kier alpha value is -1.02. The van der Waals surface area contributed by atoms with Gasteiger partial charge in [0.1, 0.15) is 0 Å². The molecule has 0 spiro atoms. The van der Waals surface area contributed by atoms with Gasteiger partial charge in [-0.25, -0.2) is 0 Å². The van der Waals surface area contributed by atoms with Crippen LogP contribution in [0.4, 0.5) is 5.69 Å². The average Bonchev–Trinajstić information content (AvgIpc) is 2.27. The van der Waals surface area contributed by atoms with E-state index in [1.54, 1.807) is 0 Å². The van der Waals surface area contributed by atoms with Gasteiger partial charge in [-0.05, 0) is 58.7 Å². The Morgan fingerprint density at radius 2 is 2.00 bits per heavy atom. The highest BCUT2D eigenvalue weighted by atomic mass is 15.2. The number of anilines is 1. The van der Waals surface area contributed by atoms with Gasteiger partial charge in [0.05, 0.1) is 0 Å². The molecule has 2 rings (SSSR count). The molecule has 1 heterocycles. The number of benzene rings is 1. The van der Waals surface area contributed by atoms with Gasteiger partial charge in [0.15, 0.2) is 0 Å². The number of hydrogen-bond acceptors (Lipinski definition) is 2. The summed E-state index contributed by atoms with van der Waals surface area (Å²) in [5.41, 5.74) is 4.36. The molecule has 0 saturated carbocycles. The van der Waals surface area contributed by atoms with Gasteiger partial charge >= 0.3 is 0 Å². The Bertz CT molecular complexity index is 423. The molecule has 100 valence electrons. The molecule has 2 nitrogen and oxygen atoms in total. The van der Waals surface area contributed by atoms with Gasteiger partial charge in [0.25, 0.3) is 0 Å². The van der Waals surface area contributed by atoms with Crippen molar-refractivity contribution in [2.24, 2.45) is 0 Å². The smallest absolute Gasteiger partial charge is 0.0396 e. The number of aryl methyl sites for hydroxylation is 2. The normalized spacial score (nSPS) is 22.8. The van der Waals surface area contributed by atoms with Gasteiger partial charge in [-0.2, -0.15) is 0 Å². The minimum atomic E-state index is 0.260. The monoisotopic (exact) mass is 246 g/mol. The molecule has 1 aromatic rings. The summed E-state index contributed by atoms with van der Waals surface area (Å²) in [5.74, 6) is 0. The summed E-state index contributed by atoms with van der Waals surface area (Å²) in [6.45, 7) is 10.1. The molecule has 1 aliphatic heterocycles. The summed E-state index contributed by atoms with van der Waals surface area (Å²) in [5, 5.41) is 3.59. The van der Waals surface area contributed by atoms with E-state index in [1.165, 1.54) is 29.7 Å². The summed E-state index contributed by atoms with van der Waals surface area (Å²) >= 11 is 0. The third kappa shape index (κ3) is 2.86. The molecule has 1 N–H and O–H groups in total. The van der Waals surface area contributed by atoms with E-state index in [9.17, 15) is 0 Å². The van der Waals surface area contributed by atoms with Crippen LogP contribution in [0.3, 0.4) is 0 Å². The van der Waals surface area contributed by atoms with E-state index in [-0.39, 0.29) is 5.54 Å². The fourth-order valence-corrected chi connectivity index (χ4v) is 3.07. The predicted octanol–water partition coefficient (Wildman–Crippen LogP) is 3.27. The van der Waals surface area contributed by atoms with E-state index < -0.39 is 0 Å². The van der Waals surface area contributed by atoms with E-state index in [1.807, 2.05) is 0 Å². The van der Waals surface area contributed by atoms with E-state index in [4.69, 9.17) is 0 Å². The number of piperidine rings is 1. The average molecular weight is 246 g/mol. The zero-order valence-corrected chi connectivity index (χ0v) is 12.4. The minimum Gasteiger partial charge on any atom is -0.371 e. The summed E-state index contributed by atoms with van der Waals surface area (Å²) in [6.07, 6.45) is 2.43. The highest BCUT2D eigenvalue weighted by Crippen LogP contribution is 2.28. The summed E-state index contributed by atoms with van der Waals surface area (Å²) in [7, 11) is 2.24. The topological polar surface area (TPSA) is 15.3 Å². The van der Waals surface area contributed by atoms with Gasteiger partial charge in [0.2, 0.25) is 0 Å². The number of nitrogens with one attached hydrogen (secondary N) is 1. The first kappa shape index (κ1) is 13.4. The van der Waals surface area contributed by atoms with Crippen molar-refractivity contribution < 1.29 is 0 Å². The van der Waals surface area contributed by atoms with Crippen LogP contribution in [0.15, 0.2) is 18.2 Å². The van der Waals surface area contributed by atoms with Crippen molar-refractivity contribution in [2.75, 3.05) is 18.5 Å². The third-order valence-corrected chi connectivity index (χ3v) is 4.11. The van der Waals surface area contributed by atoms with Crippen LogP contribution < -0.4 is 10.2 Å². The van der Waals surface area contributed by atoms with Gasteiger partial charge in [-0.15, -0.1) is 0 Å². The van der Waals surface area contributed by atoms with Crippen LogP contribution in [0.2, 0.25) is 0 Å². The zero-order chi connectivity index (χ0) is 13.3. The largest absolute Gasteiger partial charge is 0.371 e. The molecule has 1 aromatic carbocycles. The lowest BCUT2D eigenvalue weighted by molar-refractivity contribution is 0.271. The van der Waals surface area contributed by atoms with Crippen LogP contribution >= 0.6 is 0 Å². The Morgan fingerprint density at radius 3 is 2.61 bits per heavy atom. The van der Waals surface area contributed by atoms with Crippen LogP contribution in [-0.2, 0) is 0 Å². The highest BCUT2D eigenvalue weighted by Gasteiger charge is 2.30. The lowest BCUT2D eigenvalue weighted by Crippen LogP contribution is -2.52. The standard InChI is InChI=1S/C16H26N2/c1-12-6-7-15(13(2)10-12)18(5)14-8-9-17-16(3,4)11-14/h6-7,10,14,17H,8-9,11H2,1-5H3.